The summed E-state index contributed by atoms with van der Waals surface area (Å²) in [7, 11) is 1.48. The van der Waals surface area contributed by atoms with Crippen LogP contribution in [0, 0.1) is 11.3 Å². The number of methoxy groups -OCH3 is 1. The van der Waals surface area contributed by atoms with Crippen molar-refractivity contribution in [3.8, 4) is 11.8 Å². The molecule has 7 nitrogen and oxygen atoms in total. The van der Waals surface area contributed by atoms with Crippen molar-refractivity contribution in [2.24, 2.45) is 0 Å². The lowest BCUT2D eigenvalue weighted by molar-refractivity contribution is -0.119. The van der Waals surface area contributed by atoms with Crippen LogP contribution in [0.4, 0.5) is 10.7 Å². The Kier molecular flexibility index (Phi) is 6.61. The Morgan fingerprint density at radius 1 is 1.24 bits per heavy atom. The zero-order chi connectivity index (χ0) is 23.4. The van der Waals surface area contributed by atoms with Crippen LogP contribution in [-0.4, -0.2) is 25.6 Å². The van der Waals surface area contributed by atoms with Crippen LogP contribution in [0.25, 0.3) is 0 Å². The molecule has 168 valence electrons. The summed E-state index contributed by atoms with van der Waals surface area (Å²) in [6.45, 7) is -0.467. The van der Waals surface area contributed by atoms with Gasteiger partial charge in [0.2, 0.25) is 0 Å². The summed E-state index contributed by atoms with van der Waals surface area (Å²) < 4.78 is 10.2. The molecule has 0 bridgehead atoms. The van der Waals surface area contributed by atoms with E-state index in [1.807, 2.05) is 18.2 Å². The number of hydrogen-bond donors (Lipinski definition) is 2. The van der Waals surface area contributed by atoms with Crippen molar-refractivity contribution in [2.75, 3.05) is 24.8 Å². The van der Waals surface area contributed by atoms with E-state index in [1.54, 1.807) is 6.07 Å². The highest BCUT2D eigenvalue weighted by atomic mass is 32.1. The molecule has 2 aromatic carbocycles. The average molecular weight is 462 g/mol. The van der Waals surface area contributed by atoms with Crippen LogP contribution >= 0.6 is 11.3 Å². The quantitative estimate of drug-likeness (QED) is 0.418. The second kappa shape index (κ2) is 9.76. The van der Waals surface area contributed by atoms with Crippen LogP contribution in [-0.2, 0) is 22.4 Å². The van der Waals surface area contributed by atoms with Crippen LogP contribution in [0.15, 0.2) is 48.5 Å². The highest BCUT2D eigenvalue weighted by molar-refractivity contribution is 7.16. The Hall–Kier alpha value is -3.83. The minimum Gasteiger partial charge on any atom is -0.495 e. The lowest BCUT2D eigenvalue weighted by Crippen LogP contribution is -2.21. The summed E-state index contributed by atoms with van der Waals surface area (Å²) in [5.74, 6) is -0.328. The van der Waals surface area contributed by atoms with Gasteiger partial charge in [-0.2, -0.15) is 5.26 Å². The molecule has 3 aromatic rings. The van der Waals surface area contributed by atoms with Gasteiger partial charge in [-0.1, -0.05) is 30.3 Å². The Morgan fingerprint density at radius 3 is 2.73 bits per heavy atom. The second-order valence-corrected chi connectivity index (χ2v) is 8.86. The zero-order valence-corrected chi connectivity index (χ0v) is 18.9. The molecule has 1 atom stereocenters. The number of fused-ring (bicyclic) bond motifs is 1. The monoisotopic (exact) mass is 461 g/mol. The number of nitrogens with two attached hydrogens (primary N) is 1. The molecular formula is C25H23N3O4S. The van der Waals surface area contributed by atoms with E-state index in [4.69, 9.17) is 15.2 Å². The van der Waals surface area contributed by atoms with Crippen molar-refractivity contribution in [2.45, 2.75) is 25.2 Å². The van der Waals surface area contributed by atoms with Gasteiger partial charge in [-0.3, -0.25) is 4.79 Å². The normalized spacial score (nSPS) is 14.6. The van der Waals surface area contributed by atoms with Crippen LogP contribution < -0.4 is 15.8 Å². The fourth-order valence-corrected chi connectivity index (χ4v) is 5.33. The number of benzene rings is 2. The van der Waals surface area contributed by atoms with E-state index in [-0.39, 0.29) is 5.56 Å². The van der Waals surface area contributed by atoms with E-state index < -0.39 is 18.5 Å². The highest BCUT2D eigenvalue weighted by Crippen LogP contribution is 2.42. The topological polar surface area (TPSA) is 114 Å². The average Bonchev–Trinajstić information content (AvgIpc) is 3.18. The van der Waals surface area contributed by atoms with Crippen LogP contribution in [0.2, 0.25) is 0 Å². The van der Waals surface area contributed by atoms with Gasteiger partial charge in [0.15, 0.2) is 6.61 Å². The van der Waals surface area contributed by atoms with E-state index in [1.165, 1.54) is 36.1 Å². The van der Waals surface area contributed by atoms with Crippen molar-refractivity contribution >= 4 is 33.9 Å². The predicted molar refractivity (Wildman–Crippen MR) is 127 cm³/mol. The second-order valence-electron chi connectivity index (χ2n) is 7.75. The molecule has 1 heterocycles. The van der Waals surface area contributed by atoms with Gasteiger partial charge in [0, 0.05) is 4.88 Å². The molecular weight excluding hydrogens is 438 g/mol. The SMILES string of the molecule is COc1ccc(C(=O)OCC(=O)Nc2sc3c(c2C#N)CCC(c2ccccc2)C3)cc1N. The highest BCUT2D eigenvalue weighted by Gasteiger charge is 2.27. The zero-order valence-electron chi connectivity index (χ0n) is 18.1. The molecule has 0 saturated heterocycles. The molecule has 1 aliphatic carbocycles. The molecule has 1 aromatic heterocycles. The summed E-state index contributed by atoms with van der Waals surface area (Å²) in [6.07, 6.45) is 2.58. The summed E-state index contributed by atoms with van der Waals surface area (Å²) in [5.41, 5.74) is 9.13. The maximum absolute atomic E-state index is 12.4. The molecule has 0 radical (unpaired) electrons. The number of rotatable bonds is 6. The first kappa shape index (κ1) is 22.4. The first-order valence-electron chi connectivity index (χ1n) is 10.5. The molecule has 1 amide bonds. The molecule has 0 spiro atoms. The number of nitrogen functional groups attached to an aromatic ring is 1. The lowest BCUT2D eigenvalue weighted by Gasteiger charge is -2.22. The van der Waals surface area contributed by atoms with Crippen molar-refractivity contribution < 1.29 is 19.1 Å². The molecule has 0 saturated carbocycles. The van der Waals surface area contributed by atoms with Gasteiger partial charge in [-0.25, -0.2) is 4.79 Å². The van der Waals surface area contributed by atoms with E-state index in [9.17, 15) is 14.9 Å². The third kappa shape index (κ3) is 4.83. The Labute approximate surface area is 195 Å². The third-order valence-electron chi connectivity index (χ3n) is 5.70. The molecule has 3 N–H and O–H groups in total. The molecule has 1 aliphatic rings. The van der Waals surface area contributed by atoms with Crippen molar-refractivity contribution in [3.05, 3.63) is 75.7 Å². The Bertz CT molecular complexity index is 1230. The predicted octanol–water partition coefficient (Wildman–Crippen LogP) is 4.28. The van der Waals surface area contributed by atoms with Crippen molar-refractivity contribution in [1.29, 1.82) is 5.26 Å². The number of thiophene rings is 1. The van der Waals surface area contributed by atoms with Crippen molar-refractivity contribution in [3.63, 3.8) is 0 Å². The summed E-state index contributed by atoms with van der Waals surface area (Å²) in [6, 6.07) is 17.1. The van der Waals surface area contributed by atoms with Crippen LogP contribution in [0.3, 0.4) is 0 Å². The summed E-state index contributed by atoms with van der Waals surface area (Å²) in [5, 5.41) is 12.9. The number of ether oxygens (including phenoxy) is 2. The molecule has 4 rings (SSSR count). The van der Waals surface area contributed by atoms with Crippen molar-refractivity contribution in [1.82, 2.24) is 0 Å². The number of nitriles is 1. The number of nitrogens with one attached hydrogen (secondary N) is 1. The number of carbonyl (C=O) groups is 2. The van der Waals surface area contributed by atoms with Gasteiger partial charge in [-0.05, 0) is 54.5 Å². The number of esters is 1. The molecule has 33 heavy (non-hydrogen) atoms. The summed E-state index contributed by atoms with van der Waals surface area (Å²) >= 11 is 1.42. The smallest absolute Gasteiger partial charge is 0.338 e. The minimum atomic E-state index is -0.670. The maximum atomic E-state index is 12.4. The van der Waals surface area contributed by atoms with Gasteiger partial charge in [0.05, 0.1) is 23.9 Å². The standard InChI is InChI=1S/C25H23N3O4S/c1-31-21-10-8-17(11-20(21)27)25(30)32-14-23(29)28-24-19(13-26)18-9-7-16(12-22(18)33-24)15-5-3-2-4-6-15/h2-6,8,10-11,16H,7,9,12,14,27H2,1H3,(H,28,29). The fraction of sp³-hybridized carbons (Fsp3) is 0.240. The first-order chi connectivity index (χ1) is 16.0. The van der Waals surface area contributed by atoms with E-state index in [0.717, 1.165) is 29.7 Å². The Balaban J connectivity index is 1.40. The van der Waals surface area contributed by atoms with E-state index in [0.29, 0.717) is 27.9 Å². The number of anilines is 2. The third-order valence-corrected chi connectivity index (χ3v) is 6.87. The van der Waals surface area contributed by atoms with Crippen LogP contribution in [0.1, 0.15) is 44.3 Å². The molecule has 8 heteroatoms. The number of hydrogen-bond acceptors (Lipinski definition) is 7. The van der Waals surface area contributed by atoms with Gasteiger partial charge in [0.25, 0.3) is 5.91 Å². The lowest BCUT2D eigenvalue weighted by atomic mass is 9.83. The van der Waals surface area contributed by atoms with Gasteiger partial charge >= 0.3 is 5.97 Å². The molecule has 0 aliphatic heterocycles. The van der Waals surface area contributed by atoms with Gasteiger partial charge in [0.1, 0.15) is 16.8 Å². The first-order valence-corrected chi connectivity index (χ1v) is 11.3. The maximum Gasteiger partial charge on any atom is 0.338 e. The fourth-order valence-electron chi connectivity index (χ4n) is 4.04. The number of amides is 1. The van der Waals surface area contributed by atoms with Gasteiger partial charge in [-0.15, -0.1) is 11.3 Å². The van der Waals surface area contributed by atoms with E-state index >= 15 is 0 Å². The summed E-state index contributed by atoms with van der Waals surface area (Å²) in [4.78, 5) is 25.8. The Morgan fingerprint density at radius 2 is 2.03 bits per heavy atom. The van der Waals surface area contributed by atoms with E-state index in [2.05, 4.69) is 23.5 Å². The number of carbonyl (C=O) groups excluding carboxylic acids is 2. The number of nitrogens with zero attached hydrogens (tertiary/aromatic N) is 1. The molecule has 0 fully saturated rings. The molecule has 1 unspecified atom stereocenters. The largest absolute Gasteiger partial charge is 0.495 e. The van der Waals surface area contributed by atoms with Gasteiger partial charge < -0.3 is 20.5 Å². The van der Waals surface area contributed by atoms with Crippen LogP contribution in [0.5, 0.6) is 5.75 Å². The minimum absolute atomic E-state index is 0.220.